The molecule has 0 aliphatic carbocycles. The Labute approximate surface area is 173 Å². The Morgan fingerprint density at radius 1 is 1.31 bits per heavy atom. The molecule has 26 heavy (non-hydrogen) atoms. The van der Waals surface area contributed by atoms with Crippen molar-refractivity contribution in [3.63, 3.8) is 0 Å². The van der Waals surface area contributed by atoms with E-state index < -0.39 is 22.0 Å². The maximum absolute atomic E-state index is 9.89. The Morgan fingerprint density at radius 2 is 1.81 bits per heavy atom. The Bertz CT molecular complexity index is 410. The van der Waals surface area contributed by atoms with Crippen LogP contribution in [0.4, 0.5) is 0 Å². The van der Waals surface area contributed by atoms with E-state index in [1.807, 2.05) is 6.92 Å². The summed E-state index contributed by atoms with van der Waals surface area (Å²) in [5, 5.41) is 18.9. The monoisotopic (exact) mass is 453 g/mol. The normalized spacial score (nSPS) is 13.8. The molecule has 0 spiro atoms. The van der Waals surface area contributed by atoms with E-state index >= 15 is 0 Å². The average Bonchev–Trinajstić information content (AvgIpc) is 2.44. The van der Waals surface area contributed by atoms with Crippen LogP contribution in [0.25, 0.3) is 0 Å². The van der Waals surface area contributed by atoms with Crippen molar-refractivity contribution in [2.24, 2.45) is 5.41 Å². The molecule has 0 saturated carbocycles. The van der Waals surface area contributed by atoms with E-state index in [-0.39, 0.29) is 48.6 Å². The number of aliphatic hydroxyl groups is 2. The zero-order valence-corrected chi connectivity index (χ0v) is 17.3. The molecule has 0 aliphatic rings. The smallest absolute Gasteiger partial charge is 0.396 e. The number of ether oxygens (including phenoxy) is 1. The molecule has 11 heteroatoms. The van der Waals surface area contributed by atoms with Gasteiger partial charge in [0.15, 0.2) is 6.66 Å². The van der Waals surface area contributed by atoms with E-state index in [2.05, 4.69) is 17.5 Å². The van der Waals surface area contributed by atoms with Crippen LogP contribution >= 0.6 is 15.9 Å². The molecule has 8 nitrogen and oxygen atoms in total. The minimum Gasteiger partial charge on any atom is -0.396 e. The molecular formula is C15H35O8P2Ti+. The third kappa shape index (κ3) is 22.3. The average molecular weight is 453 g/mol. The van der Waals surface area contributed by atoms with Crippen LogP contribution in [-0.4, -0.2) is 52.6 Å². The summed E-state index contributed by atoms with van der Waals surface area (Å²) in [6.45, 7) is 11.0. The minimum atomic E-state index is -4.51. The van der Waals surface area contributed by atoms with Crippen LogP contribution in [0.1, 0.15) is 34.6 Å². The first kappa shape index (κ1) is 37.1. The molecule has 3 atom stereocenters. The Balaban J connectivity index is -0.000000116. The molecule has 0 aliphatic heterocycles. The second kappa shape index (κ2) is 20.0. The van der Waals surface area contributed by atoms with Crippen molar-refractivity contribution < 1.29 is 59.9 Å². The quantitative estimate of drug-likeness (QED) is 0.162. The summed E-state index contributed by atoms with van der Waals surface area (Å²) in [5.74, 6) is 0. The molecule has 0 aromatic carbocycles. The molecule has 0 aromatic rings. The van der Waals surface area contributed by atoms with Crippen LogP contribution in [0.15, 0.2) is 25.3 Å². The van der Waals surface area contributed by atoms with Crippen LogP contribution in [0, 0.1) is 5.41 Å². The van der Waals surface area contributed by atoms with Gasteiger partial charge in [0, 0.05) is 27.1 Å². The largest absolute Gasteiger partial charge is 0.515 e. The zero-order chi connectivity index (χ0) is 18.5. The van der Waals surface area contributed by atoms with E-state index in [1.165, 1.54) is 6.08 Å². The Morgan fingerprint density at radius 3 is 2.04 bits per heavy atom. The Hall–Kier alpha value is 0.284. The number of hydrogen-bond donors (Lipinski definition) is 4. The van der Waals surface area contributed by atoms with Gasteiger partial charge >= 0.3 is 15.9 Å². The second-order valence-corrected chi connectivity index (χ2v) is 7.35. The molecule has 0 rings (SSSR count). The van der Waals surface area contributed by atoms with Crippen LogP contribution in [-0.2, 0) is 39.9 Å². The van der Waals surface area contributed by atoms with Gasteiger partial charge < -0.3 is 24.7 Å². The van der Waals surface area contributed by atoms with Crippen molar-refractivity contribution in [1.29, 1.82) is 0 Å². The number of rotatable bonds is 11. The number of phosphoric acid groups is 1. The second-order valence-electron chi connectivity index (χ2n) is 4.83. The molecule has 0 fully saturated rings. The van der Waals surface area contributed by atoms with Gasteiger partial charge in [-0.05, 0) is 21.7 Å². The van der Waals surface area contributed by atoms with Crippen molar-refractivity contribution >= 4 is 15.9 Å². The predicted octanol–water partition coefficient (Wildman–Crippen LogP) is 3.25. The zero-order valence-electron chi connectivity index (χ0n) is 14.0. The van der Waals surface area contributed by atoms with Crippen molar-refractivity contribution in [3.8, 4) is 0 Å². The summed E-state index contributed by atoms with van der Waals surface area (Å²) in [4.78, 5) is 15.8. The van der Waals surface area contributed by atoms with Gasteiger partial charge in [-0.1, -0.05) is 33.9 Å². The molecule has 0 radical (unpaired) electrons. The molecule has 4 N–H and O–H groups in total. The predicted molar refractivity (Wildman–Crippen MR) is 102 cm³/mol. The number of hydrogen-bond acceptors (Lipinski definition) is 6. The van der Waals surface area contributed by atoms with Crippen LogP contribution < -0.4 is 0 Å². The molecule has 0 saturated heterocycles. The molecule has 0 amide bonds. The van der Waals surface area contributed by atoms with Gasteiger partial charge in [0.05, 0.1) is 25.9 Å². The van der Waals surface area contributed by atoms with Crippen molar-refractivity contribution in [1.82, 2.24) is 0 Å². The fourth-order valence-electron chi connectivity index (χ4n) is 1.56. The van der Waals surface area contributed by atoms with E-state index in [9.17, 15) is 19.3 Å². The maximum atomic E-state index is 9.89. The van der Waals surface area contributed by atoms with Crippen molar-refractivity contribution in [3.05, 3.63) is 25.3 Å². The SMILES string of the molecule is C.C.C=CCOCC(CC)(CO)CC(O)C=C.C[P+](=O)OP(=O)(O)O.[Ti]. The first-order chi connectivity index (χ1) is 10.6. The fraction of sp³-hybridized carbons (Fsp3) is 0.733. The molecule has 156 valence electrons. The van der Waals surface area contributed by atoms with Gasteiger partial charge in [0.25, 0.3) is 0 Å². The van der Waals surface area contributed by atoms with Crippen molar-refractivity contribution in [2.45, 2.75) is 40.7 Å². The summed E-state index contributed by atoms with van der Waals surface area (Å²) >= 11 is 0. The van der Waals surface area contributed by atoms with E-state index in [1.54, 1.807) is 6.08 Å². The van der Waals surface area contributed by atoms with Gasteiger partial charge in [-0.3, -0.25) is 0 Å². The van der Waals surface area contributed by atoms with Crippen LogP contribution in [0.5, 0.6) is 0 Å². The van der Waals surface area contributed by atoms with Gasteiger partial charge in [-0.15, -0.1) is 13.2 Å². The van der Waals surface area contributed by atoms with Gasteiger partial charge in [0.2, 0.25) is 0 Å². The first-order valence-electron chi connectivity index (χ1n) is 6.82. The van der Waals surface area contributed by atoms with E-state index in [4.69, 9.17) is 14.5 Å². The minimum absolute atomic E-state index is 0. The molecule has 0 bridgehead atoms. The van der Waals surface area contributed by atoms with Crippen molar-refractivity contribution in [2.75, 3.05) is 26.5 Å². The van der Waals surface area contributed by atoms with Crippen LogP contribution in [0.3, 0.4) is 0 Å². The van der Waals surface area contributed by atoms with E-state index in [0.29, 0.717) is 19.6 Å². The third-order valence-corrected chi connectivity index (χ3v) is 4.64. The Kier molecular flexibility index (Phi) is 28.6. The maximum Gasteiger partial charge on any atom is 0.515 e. The topological polar surface area (TPSA) is 134 Å². The summed E-state index contributed by atoms with van der Waals surface area (Å²) in [7, 11) is -6.71. The van der Waals surface area contributed by atoms with Crippen LogP contribution in [0.2, 0.25) is 0 Å². The standard InChI is InChI=1S/C12H22O3.CH4O5P2.2CH4.Ti/c1-4-7-15-10-12(6-3,9-13)8-11(14)5-2;1-7(2)6-8(3,4)5;;;/h4-5,11,13-14H,1-2,6-10H2,3H3;1H3,(H-,3,4,5);2*1H4;/p+1. The third-order valence-electron chi connectivity index (χ3n) is 2.86. The first-order valence-corrected chi connectivity index (χ1v) is 9.97. The molecular weight excluding hydrogens is 418 g/mol. The molecule has 3 unspecified atom stereocenters. The van der Waals surface area contributed by atoms with Gasteiger partial charge in [0.1, 0.15) is 0 Å². The van der Waals surface area contributed by atoms with E-state index in [0.717, 1.165) is 13.1 Å². The van der Waals surface area contributed by atoms with Gasteiger partial charge in [-0.2, -0.15) is 0 Å². The summed E-state index contributed by atoms with van der Waals surface area (Å²) < 4.78 is 28.6. The van der Waals surface area contributed by atoms with Gasteiger partial charge in [-0.25, -0.2) is 4.57 Å². The number of aliphatic hydroxyl groups excluding tert-OH is 2. The molecule has 0 heterocycles. The fourth-order valence-corrected chi connectivity index (χ4v) is 2.76. The summed E-state index contributed by atoms with van der Waals surface area (Å²) in [6.07, 6.45) is 3.78. The summed E-state index contributed by atoms with van der Waals surface area (Å²) in [6, 6.07) is 0. The molecule has 0 aromatic heterocycles. The summed E-state index contributed by atoms with van der Waals surface area (Å²) in [5.41, 5.74) is -0.378.